The van der Waals surface area contributed by atoms with Crippen molar-refractivity contribution in [2.24, 2.45) is 0 Å². The van der Waals surface area contributed by atoms with Gasteiger partial charge >= 0.3 is 5.97 Å². The third-order valence-corrected chi connectivity index (χ3v) is 2.90. The van der Waals surface area contributed by atoms with Gasteiger partial charge in [-0.25, -0.2) is 4.98 Å². The molecule has 0 unspecified atom stereocenters. The summed E-state index contributed by atoms with van der Waals surface area (Å²) in [5.74, 6) is -0.887. The summed E-state index contributed by atoms with van der Waals surface area (Å²) in [5, 5.41) is 8.87. The van der Waals surface area contributed by atoms with Crippen LogP contribution in [0.1, 0.15) is 0 Å². The molecule has 0 bridgehead atoms. The van der Waals surface area contributed by atoms with Crippen LogP contribution in [0.3, 0.4) is 0 Å². The lowest BCUT2D eigenvalue weighted by atomic mass is 10.1. The molecule has 19 heavy (non-hydrogen) atoms. The van der Waals surface area contributed by atoms with Crippen molar-refractivity contribution in [1.82, 2.24) is 14.5 Å². The van der Waals surface area contributed by atoms with Gasteiger partial charge in [0.05, 0.1) is 23.1 Å². The molecule has 0 aliphatic heterocycles. The number of rotatable bonds is 3. The maximum atomic E-state index is 10.8. The molecule has 0 amide bonds. The van der Waals surface area contributed by atoms with Gasteiger partial charge in [0.15, 0.2) is 0 Å². The van der Waals surface area contributed by atoms with E-state index >= 15 is 0 Å². The number of benzene rings is 1. The van der Waals surface area contributed by atoms with Gasteiger partial charge in [0.25, 0.3) is 0 Å². The minimum Gasteiger partial charge on any atom is -0.480 e. The molecular weight excluding hydrogens is 242 g/mol. The van der Waals surface area contributed by atoms with Crippen LogP contribution in [0.4, 0.5) is 0 Å². The van der Waals surface area contributed by atoms with Crippen LogP contribution in [0.15, 0.2) is 48.9 Å². The van der Waals surface area contributed by atoms with Gasteiger partial charge in [-0.3, -0.25) is 9.78 Å². The quantitative estimate of drug-likeness (QED) is 0.776. The van der Waals surface area contributed by atoms with Gasteiger partial charge in [-0.15, -0.1) is 0 Å². The first-order chi connectivity index (χ1) is 9.25. The minimum atomic E-state index is -0.887. The highest BCUT2D eigenvalue weighted by Crippen LogP contribution is 2.25. The Hall–Kier alpha value is -2.69. The maximum absolute atomic E-state index is 10.8. The lowest BCUT2D eigenvalue weighted by molar-refractivity contribution is -0.137. The number of aliphatic carboxylic acids is 1. The largest absolute Gasteiger partial charge is 0.480 e. The summed E-state index contributed by atoms with van der Waals surface area (Å²) in [6.07, 6.45) is 3.27. The normalized spacial score (nSPS) is 10.7. The number of aromatic nitrogens is 3. The lowest BCUT2D eigenvalue weighted by Crippen LogP contribution is -2.07. The predicted octanol–water partition coefficient (Wildman–Crippen LogP) is 2.18. The van der Waals surface area contributed by atoms with Gasteiger partial charge in [0, 0.05) is 11.8 Å². The summed E-state index contributed by atoms with van der Waals surface area (Å²) in [7, 11) is 0. The number of hydrogen-bond acceptors (Lipinski definition) is 3. The monoisotopic (exact) mass is 253 g/mol. The van der Waals surface area contributed by atoms with Gasteiger partial charge in [-0.2, -0.15) is 0 Å². The number of carboxylic acids is 1. The fourth-order valence-electron chi connectivity index (χ4n) is 2.09. The van der Waals surface area contributed by atoms with E-state index in [0.717, 1.165) is 22.3 Å². The van der Waals surface area contributed by atoms with Crippen LogP contribution in [0, 0.1) is 0 Å². The van der Waals surface area contributed by atoms with Crippen LogP contribution < -0.4 is 0 Å². The SMILES string of the molecule is O=C(O)Cn1cnc2c(-c3ccccn3)cccc21. The van der Waals surface area contributed by atoms with E-state index in [-0.39, 0.29) is 6.54 Å². The molecule has 0 atom stereocenters. The number of carboxylic acid groups (broad SMARTS) is 1. The van der Waals surface area contributed by atoms with Crippen molar-refractivity contribution in [3.8, 4) is 11.3 Å². The van der Waals surface area contributed by atoms with Gasteiger partial charge in [-0.05, 0) is 18.2 Å². The number of pyridine rings is 1. The summed E-state index contributed by atoms with van der Waals surface area (Å²) in [6, 6.07) is 11.3. The van der Waals surface area contributed by atoms with Crippen molar-refractivity contribution in [1.29, 1.82) is 0 Å². The summed E-state index contributed by atoms with van der Waals surface area (Å²) < 4.78 is 1.62. The number of hydrogen-bond donors (Lipinski definition) is 1. The molecule has 0 saturated carbocycles. The number of fused-ring (bicyclic) bond motifs is 1. The summed E-state index contributed by atoms with van der Waals surface area (Å²) in [6.45, 7) is -0.0951. The zero-order chi connectivity index (χ0) is 13.2. The third-order valence-electron chi connectivity index (χ3n) is 2.90. The summed E-state index contributed by atoms with van der Waals surface area (Å²) in [5.41, 5.74) is 3.30. The van der Waals surface area contributed by atoms with E-state index in [2.05, 4.69) is 9.97 Å². The highest BCUT2D eigenvalue weighted by Gasteiger charge is 2.10. The van der Waals surface area contributed by atoms with Crippen LogP contribution in [-0.2, 0) is 11.3 Å². The van der Waals surface area contributed by atoms with Crippen molar-refractivity contribution in [2.45, 2.75) is 6.54 Å². The number of para-hydroxylation sites is 1. The summed E-state index contributed by atoms with van der Waals surface area (Å²) >= 11 is 0. The second kappa shape index (κ2) is 4.53. The molecule has 5 heteroatoms. The fraction of sp³-hybridized carbons (Fsp3) is 0.0714. The number of imidazole rings is 1. The second-order valence-electron chi connectivity index (χ2n) is 4.15. The molecule has 0 fully saturated rings. The fourth-order valence-corrected chi connectivity index (χ4v) is 2.09. The van der Waals surface area contributed by atoms with E-state index in [1.807, 2.05) is 36.4 Å². The molecule has 0 radical (unpaired) electrons. The van der Waals surface area contributed by atoms with E-state index in [9.17, 15) is 4.79 Å². The van der Waals surface area contributed by atoms with E-state index in [4.69, 9.17) is 5.11 Å². The molecular formula is C14H11N3O2. The minimum absolute atomic E-state index is 0.0951. The molecule has 94 valence electrons. The Labute approximate surface area is 109 Å². The first-order valence-electron chi connectivity index (χ1n) is 5.83. The topological polar surface area (TPSA) is 68.0 Å². The Morgan fingerprint density at radius 1 is 1.16 bits per heavy atom. The summed E-state index contributed by atoms with van der Waals surface area (Å²) in [4.78, 5) is 19.4. The van der Waals surface area contributed by atoms with Gasteiger partial charge in [-0.1, -0.05) is 18.2 Å². The molecule has 0 aliphatic rings. The van der Waals surface area contributed by atoms with Crippen molar-refractivity contribution in [2.75, 3.05) is 0 Å². The zero-order valence-electron chi connectivity index (χ0n) is 10.0. The maximum Gasteiger partial charge on any atom is 0.323 e. The molecule has 1 aromatic carbocycles. The van der Waals surface area contributed by atoms with Crippen LogP contribution in [0.25, 0.3) is 22.3 Å². The predicted molar refractivity (Wildman–Crippen MR) is 70.6 cm³/mol. The molecule has 5 nitrogen and oxygen atoms in total. The molecule has 3 aromatic rings. The van der Waals surface area contributed by atoms with Crippen molar-refractivity contribution < 1.29 is 9.90 Å². The number of carbonyl (C=O) groups is 1. The Balaban J connectivity index is 2.18. The highest BCUT2D eigenvalue weighted by molar-refractivity contribution is 5.91. The molecule has 2 aromatic heterocycles. The lowest BCUT2D eigenvalue weighted by Gasteiger charge is -2.03. The molecule has 0 aliphatic carbocycles. The second-order valence-corrected chi connectivity index (χ2v) is 4.15. The third kappa shape index (κ3) is 2.06. The Morgan fingerprint density at radius 3 is 2.79 bits per heavy atom. The average molecular weight is 253 g/mol. The Kier molecular flexibility index (Phi) is 2.72. The molecule has 3 rings (SSSR count). The van der Waals surface area contributed by atoms with Crippen LogP contribution in [-0.4, -0.2) is 25.6 Å². The van der Waals surface area contributed by atoms with E-state index in [1.165, 1.54) is 0 Å². The van der Waals surface area contributed by atoms with Crippen LogP contribution in [0.5, 0.6) is 0 Å². The van der Waals surface area contributed by atoms with E-state index in [0.29, 0.717) is 0 Å². The van der Waals surface area contributed by atoms with Crippen LogP contribution in [0.2, 0.25) is 0 Å². The van der Waals surface area contributed by atoms with E-state index < -0.39 is 5.97 Å². The first-order valence-corrected chi connectivity index (χ1v) is 5.83. The zero-order valence-corrected chi connectivity index (χ0v) is 10.0. The number of nitrogens with zero attached hydrogens (tertiary/aromatic N) is 3. The standard InChI is InChI=1S/C14H11N3O2/c18-13(19)8-17-9-16-14-10(4-3-6-12(14)17)11-5-1-2-7-15-11/h1-7,9H,8H2,(H,18,19). The van der Waals surface area contributed by atoms with Crippen LogP contribution >= 0.6 is 0 Å². The highest BCUT2D eigenvalue weighted by atomic mass is 16.4. The molecule has 1 N–H and O–H groups in total. The average Bonchev–Trinajstić information content (AvgIpc) is 2.82. The van der Waals surface area contributed by atoms with Gasteiger partial charge < -0.3 is 9.67 Å². The van der Waals surface area contributed by atoms with Crippen molar-refractivity contribution in [3.05, 3.63) is 48.9 Å². The Morgan fingerprint density at radius 2 is 2.05 bits per heavy atom. The van der Waals surface area contributed by atoms with E-state index in [1.54, 1.807) is 17.1 Å². The van der Waals surface area contributed by atoms with Gasteiger partial charge in [0.2, 0.25) is 0 Å². The van der Waals surface area contributed by atoms with Gasteiger partial charge in [0.1, 0.15) is 6.54 Å². The first kappa shape index (κ1) is 11.4. The molecule has 2 heterocycles. The molecule has 0 saturated heterocycles. The molecule has 0 spiro atoms. The smallest absolute Gasteiger partial charge is 0.323 e. The van der Waals surface area contributed by atoms with Crippen molar-refractivity contribution >= 4 is 17.0 Å². The Bertz CT molecular complexity index is 735. The van der Waals surface area contributed by atoms with Crippen molar-refractivity contribution in [3.63, 3.8) is 0 Å².